The summed E-state index contributed by atoms with van der Waals surface area (Å²) in [4.78, 5) is 0. The van der Waals surface area contributed by atoms with Crippen molar-refractivity contribution in [2.24, 2.45) is 5.92 Å². The zero-order chi connectivity index (χ0) is 29.3. The van der Waals surface area contributed by atoms with Gasteiger partial charge in [0.15, 0.2) is 23.8 Å². The van der Waals surface area contributed by atoms with Crippen molar-refractivity contribution in [3.8, 4) is 0 Å². The number of unbranched alkanes of at least 4 members (excludes halogenated alkanes) is 6. The second kappa shape index (κ2) is 23.5. The molecule has 0 amide bonds. The van der Waals surface area contributed by atoms with Crippen molar-refractivity contribution in [2.75, 3.05) is 32.8 Å². The number of benzene rings is 1. The van der Waals surface area contributed by atoms with Crippen molar-refractivity contribution in [3.05, 3.63) is 35.9 Å². The Morgan fingerprint density at radius 3 is 1.68 bits per heavy atom. The maximum absolute atomic E-state index is 8.17. The molecule has 11 heteroatoms. The molecule has 1 atom stereocenters. The fourth-order valence-electron chi connectivity index (χ4n) is 3.97. The van der Waals surface area contributed by atoms with Crippen LogP contribution in [-0.4, -0.2) is 56.6 Å². The summed E-state index contributed by atoms with van der Waals surface area (Å²) in [5.74, 6) is 0.602. The van der Waals surface area contributed by atoms with Crippen molar-refractivity contribution in [1.82, 2.24) is 31.9 Å². The van der Waals surface area contributed by atoms with E-state index in [4.69, 9.17) is 26.4 Å². The minimum absolute atomic E-state index is 0.0870. The number of ether oxygens (including phenoxy) is 1. The monoisotopic (exact) mass is 558 g/mol. The Hall–Kier alpha value is -3.34. The van der Waals surface area contributed by atoms with Crippen LogP contribution in [0, 0.1) is 27.6 Å². The standard InChI is InChI=1S/C29H54N10O/c1-3-5-7-12-18-34-26(30)38-28(32)36-20-14-17-25(23-40-22-24-15-10-9-11-16-24)21-37-29(33)39-27(31)35-19-13-8-6-4-2/h9-11,15-16,25H,3-8,12-14,17-23H2,1-2H3,(H5,30,32,34,36,38)(H5,31,33,35,37,39). The zero-order valence-electron chi connectivity index (χ0n) is 24.7. The van der Waals surface area contributed by atoms with Gasteiger partial charge in [0.05, 0.1) is 13.2 Å². The van der Waals surface area contributed by atoms with Gasteiger partial charge in [-0.15, -0.1) is 0 Å². The van der Waals surface area contributed by atoms with Crippen molar-refractivity contribution >= 4 is 23.8 Å². The zero-order valence-corrected chi connectivity index (χ0v) is 24.7. The first kappa shape index (κ1) is 34.7. The Morgan fingerprint density at radius 1 is 0.650 bits per heavy atom. The molecule has 226 valence electrons. The van der Waals surface area contributed by atoms with Gasteiger partial charge in [0, 0.05) is 26.2 Å². The quantitative estimate of drug-likeness (QED) is 0.0652. The van der Waals surface area contributed by atoms with Gasteiger partial charge in [0.25, 0.3) is 0 Å². The maximum atomic E-state index is 8.17. The largest absolute Gasteiger partial charge is 0.376 e. The third-order valence-electron chi connectivity index (χ3n) is 6.29. The van der Waals surface area contributed by atoms with Crippen molar-refractivity contribution in [1.29, 1.82) is 21.6 Å². The second-order valence-electron chi connectivity index (χ2n) is 10.0. The first-order chi connectivity index (χ1) is 19.4. The smallest absolute Gasteiger partial charge is 0.195 e. The molecule has 0 aromatic heterocycles. The SMILES string of the molecule is CCCCCCNC(=N)NC(=N)NCCCC(CNC(=N)NC(=N)NCCCCCC)COCc1ccccc1. The number of hydrogen-bond acceptors (Lipinski definition) is 5. The first-order valence-electron chi connectivity index (χ1n) is 14.9. The molecule has 40 heavy (non-hydrogen) atoms. The summed E-state index contributed by atoms with van der Waals surface area (Å²) in [6.07, 6.45) is 10.7. The maximum Gasteiger partial charge on any atom is 0.195 e. The number of rotatable bonds is 20. The van der Waals surface area contributed by atoms with Crippen LogP contribution >= 0.6 is 0 Å². The third kappa shape index (κ3) is 19.7. The van der Waals surface area contributed by atoms with Gasteiger partial charge in [0.2, 0.25) is 0 Å². The Bertz CT molecular complexity index is 833. The first-order valence-corrected chi connectivity index (χ1v) is 14.9. The highest BCUT2D eigenvalue weighted by Gasteiger charge is 2.11. The van der Waals surface area contributed by atoms with E-state index in [9.17, 15) is 0 Å². The molecule has 0 spiro atoms. The Balaban J connectivity index is 2.37. The van der Waals surface area contributed by atoms with Gasteiger partial charge in [-0.3, -0.25) is 32.3 Å². The molecule has 0 heterocycles. The molecule has 0 saturated carbocycles. The van der Waals surface area contributed by atoms with E-state index in [2.05, 4.69) is 45.7 Å². The number of nitrogens with one attached hydrogen (secondary N) is 10. The Labute approximate surface area is 241 Å². The summed E-state index contributed by atoms with van der Waals surface area (Å²) >= 11 is 0. The van der Waals surface area contributed by atoms with E-state index in [-0.39, 0.29) is 29.8 Å². The topological polar surface area (TPSA) is 177 Å². The van der Waals surface area contributed by atoms with Gasteiger partial charge in [-0.25, -0.2) is 0 Å². The van der Waals surface area contributed by atoms with Gasteiger partial charge >= 0.3 is 0 Å². The molecule has 0 bridgehead atoms. The van der Waals surface area contributed by atoms with E-state index >= 15 is 0 Å². The molecule has 1 unspecified atom stereocenters. The molecule has 0 aliphatic carbocycles. The normalized spacial score (nSPS) is 11.2. The van der Waals surface area contributed by atoms with E-state index in [0.717, 1.165) is 57.2 Å². The van der Waals surface area contributed by atoms with Crippen molar-refractivity contribution in [2.45, 2.75) is 84.7 Å². The van der Waals surface area contributed by atoms with Gasteiger partial charge in [-0.1, -0.05) is 82.7 Å². The summed E-state index contributed by atoms with van der Waals surface area (Å²) in [6.45, 7) is 7.98. The van der Waals surface area contributed by atoms with E-state index in [1.165, 1.54) is 25.7 Å². The van der Waals surface area contributed by atoms with Crippen LogP contribution in [0.4, 0.5) is 0 Å². The lowest BCUT2D eigenvalue weighted by Crippen LogP contribution is -2.47. The molecule has 0 aliphatic heterocycles. The summed E-state index contributed by atoms with van der Waals surface area (Å²) in [6, 6.07) is 10.0. The highest BCUT2D eigenvalue weighted by molar-refractivity contribution is 5.96. The molecule has 0 saturated heterocycles. The van der Waals surface area contributed by atoms with E-state index in [0.29, 0.717) is 26.3 Å². The highest BCUT2D eigenvalue weighted by Crippen LogP contribution is 2.09. The molecule has 1 aromatic rings. The predicted octanol–water partition coefficient (Wildman–Crippen LogP) is 4.04. The predicted molar refractivity (Wildman–Crippen MR) is 166 cm³/mol. The lowest BCUT2D eigenvalue weighted by molar-refractivity contribution is 0.0845. The van der Waals surface area contributed by atoms with E-state index in [1.807, 2.05) is 30.3 Å². The Kier molecular flexibility index (Phi) is 20.4. The van der Waals surface area contributed by atoms with Crippen LogP contribution in [0.1, 0.15) is 83.6 Å². The summed E-state index contributed by atoms with van der Waals surface area (Å²) in [5, 5.41) is 49.7. The van der Waals surface area contributed by atoms with Gasteiger partial charge in [-0.2, -0.15) is 0 Å². The molecule has 0 radical (unpaired) electrons. The molecular formula is C29H54N10O. The molecule has 10 N–H and O–H groups in total. The summed E-state index contributed by atoms with van der Waals surface area (Å²) in [7, 11) is 0. The lowest BCUT2D eigenvalue weighted by Gasteiger charge is -2.20. The third-order valence-corrected chi connectivity index (χ3v) is 6.29. The fourth-order valence-corrected chi connectivity index (χ4v) is 3.97. The van der Waals surface area contributed by atoms with Gasteiger partial charge in [0.1, 0.15) is 0 Å². The van der Waals surface area contributed by atoms with E-state index < -0.39 is 0 Å². The van der Waals surface area contributed by atoms with E-state index in [1.54, 1.807) is 0 Å². The van der Waals surface area contributed by atoms with Crippen LogP contribution in [0.3, 0.4) is 0 Å². The molecule has 1 aromatic carbocycles. The minimum atomic E-state index is 0.0870. The number of hydrogen-bond donors (Lipinski definition) is 10. The highest BCUT2D eigenvalue weighted by atomic mass is 16.5. The van der Waals surface area contributed by atoms with Gasteiger partial charge in [-0.05, 0) is 37.2 Å². The van der Waals surface area contributed by atoms with Gasteiger partial charge < -0.3 is 26.0 Å². The average molecular weight is 559 g/mol. The lowest BCUT2D eigenvalue weighted by atomic mass is 10.0. The van der Waals surface area contributed by atoms with Crippen molar-refractivity contribution in [3.63, 3.8) is 0 Å². The van der Waals surface area contributed by atoms with Crippen LogP contribution in [0.5, 0.6) is 0 Å². The average Bonchev–Trinajstić information content (AvgIpc) is 2.94. The van der Waals surface area contributed by atoms with Crippen LogP contribution < -0.4 is 31.9 Å². The fraction of sp³-hybridized carbons (Fsp3) is 0.655. The molecule has 1 rings (SSSR count). The Morgan fingerprint density at radius 2 is 1.15 bits per heavy atom. The summed E-state index contributed by atoms with van der Waals surface area (Å²) in [5.41, 5.74) is 1.12. The molecule has 0 fully saturated rings. The van der Waals surface area contributed by atoms with Crippen molar-refractivity contribution < 1.29 is 4.74 Å². The number of guanidine groups is 4. The molecule has 0 aliphatic rings. The van der Waals surface area contributed by atoms with Crippen LogP contribution in [0.2, 0.25) is 0 Å². The minimum Gasteiger partial charge on any atom is -0.376 e. The summed E-state index contributed by atoms with van der Waals surface area (Å²) < 4.78 is 5.98. The van der Waals surface area contributed by atoms with Crippen LogP contribution in [-0.2, 0) is 11.3 Å². The van der Waals surface area contributed by atoms with Crippen LogP contribution in [0.15, 0.2) is 30.3 Å². The molecular weight excluding hydrogens is 504 g/mol. The second-order valence-corrected chi connectivity index (χ2v) is 10.0. The van der Waals surface area contributed by atoms with Crippen LogP contribution in [0.25, 0.3) is 0 Å². The molecule has 11 nitrogen and oxygen atoms in total.